The topological polar surface area (TPSA) is 176 Å². The fourth-order valence-electron chi connectivity index (χ4n) is 6.13. The van der Waals surface area contributed by atoms with Crippen molar-refractivity contribution in [3.63, 3.8) is 0 Å². The molecule has 4 rings (SSSR count). The molecule has 14 heteroatoms. The molecule has 0 bridgehead atoms. The first-order valence-electron chi connectivity index (χ1n) is 18.3. The summed E-state index contributed by atoms with van der Waals surface area (Å²) in [6, 6.07) is 12.1. The van der Waals surface area contributed by atoms with E-state index in [-0.39, 0.29) is 55.9 Å². The molecule has 2 heterocycles. The van der Waals surface area contributed by atoms with Crippen LogP contribution >= 0.6 is 0 Å². The Hall–Kier alpha value is -5.27. The Kier molecular flexibility index (Phi) is 14.9. The summed E-state index contributed by atoms with van der Waals surface area (Å²) in [4.78, 5) is 75.0. The van der Waals surface area contributed by atoms with E-state index >= 15 is 0 Å². The van der Waals surface area contributed by atoms with E-state index in [2.05, 4.69) is 26.1 Å². The van der Waals surface area contributed by atoms with E-state index in [9.17, 15) is 24.0 Å². The molecule has 1 saturated heterocycles. The molecule has 1 fully saturated rings. The normalized spacial score (nSPS) is 19.9. The molecule has 5 amide bonds. The minimum Gasteiger partial charge on any atom is -0.497 e. The van der Waals surface area contributed by atoms with Crippen LogP contribution in [-0.2, 0) is 36.8 Å². The van der Waals surface area contributed by atoms with Gasteiger partial charge < -0.3 is 35.0 Å². The van der Waals surface area contributed by atoms with Gasteiger partial charge in [-0.15, -0.1) is 0 Å². The molecule has 3 atom stereocenters. The second kappa shape index (κ2) is 19.5. The number of benzene rings is 2. The number of amides is 5. The van der Waals surface area contributed by atoms with Crippen LogP contribution in [-0.4, -0.2) is 101 Å². The quantitative estimate of drug-likeness (QED) is 0.299. The number of carbonyl (C=O) groups is 5. The predicted octanol–water partition coefficient (Wildman–Crippen LogP) is 3.22. The summed E-state index contributed by atoms with van der Waals surface area (Å²) in [5.74, 6) is -0.262. The Morgan fingerprint density at radius 1 is 0.981 bits per heavy atom. The van der Waals surface area contributed by atoms with E-state index in [1.54, 1.807) is 31.1 Å². The molecule has 2 aromatic carbocycles. The lowest BCUT2D eigenvalue weighted by molar-refractivity contribution is -0.141. The summed E-state index contributed by atoms with van der Waals surface area (Å²) < 4.78 is 10.7. The van der Waals surface area contributed by atoms with Gasteiger partial charge in [0.15, 0.2) is 0 Å². The van der Waals surface area contributed by atoms with Crippen molar-refractivity contribution in [3.8, 4) is 17.1 Å². The van der Waals surface area contributed by atoms with Crippen LogP contribution in [0.5, 0.6) is 5.75 Å². The van der Waals surface area contributed by atoms with Crippen LogP contribution < -0.4 is 20.7 Å². The molecule has 14 nitrogen and oxygen atoms in total. The molecule has 3 N–H and O–H groups in total. The lowest BCUT2D eigenvalue weighted by Crippen LogP contribution is -2.57. The van der Waals surface area contributed by atoms with Crippen molar-refractivity contribution in [2.24, 2.45) is 5.92 Å². The van der Waals surface area contributed by atoms with Gasteiger partial charge in [0.1, 0.15) is 23.9 Å². The molecular formula is C39H53N7O7. The van der Waals surface area contributed by atoms with Gasteiger partial charge in [-0.25, -0.2) is 0 Å². The Labute approximate surface area is 311 Å². The minimum atomic E-state index is -0.998. The van der Waals surface area contributed by atoms with Crippen molar-refractivity contribution < 1.29 is 33.2 Å². The van der Waals surface area contributed by atoms with Gasteiger partial charge in [0, 0.05) is 57.9 Å². The van der Waals surface area contributed by atoms with Gasteiger partial charge in [0.2, 0.25) is 41.3 Å². The third kappa shape index (κ3) is 11.9. The summed E-state index contributed by atoms with van der Waals surface area (Å²) in [6.07, 6.45) is 1.78. The maximum Gasteiger partial charge on any atom is 0.245 e. The first kappa shape index (κ1) is 40.5. The third-order valence-corrected chi connectivity index (χ3v) is 9.38. The molecule has 286 valence electrons. The van der Waals surface area contributed by atoms with E-state index in [0.717, 1.165) is 16.7 Å². The monoisotopic (exact) mass is 731 g/mol. The lowest BCUT2D eigenvalue weighted by Gasteiger charge is -2.30. The van der Waals surface area contributed by atoms with E-state index < -0.39 is 29.9 Å². The fraction of sp³-hybridized carbons (Fsp3) is 0.513. The summed E-state index contributed by atoms with van der Waals surface area (Å²) in [7, 11) is 3.09. The standard InChI is InChI=1S/C39H53N7O7/c1-25(2)23-31-38(50)42-32(24-28-14-16-29(52-6)17-15-28)39(51)45(5)27(4)37(49)40-20-10-22-46(21-9-13-33(47)41-31)35(48)19-18-34-43-36(44-53-34)30-12-8-7-11-26(30)3/h7-8,11-12,14-17,25,27,31-32H,9-10,13,18-24H2,1-6H3,(H,40,49)(H,41,47)(H,42,50)/t27-,31+,32-/m0/s1. The summed E-state index contributed by atoms with van der Waals surface area (Å²) in [6.45, 7) is 8.38. The summed E-state index contributed by atoms with van der Waals surface area (Å²) in [5, 5.41) is 12.7. The van der Waals surface area contributed by atoms with Crippen LogP contribution in [0.2, 0.25) is 0 Å². The number of carbonyl (C=O) groups excluding carboxylic acids is 5. The van der Waals surface area contributed by atoms with Gasteiger partial charge in [0.05, 0.1) is 7.11 Å². The van der Waals surface area contributed by atoms with E-state index in [4.69, 9.17) is 9.26 Å². The highest BCUT2D eigenvalue weighted by Crippen LogP contribution is 2.20. The van der Waals surface area contributed by atoms with Gasteiger partial charge in [-0.3, -0.25) is 24.0 Å². The molecule has 0 unspecified atom stereocenters. The zero-order valence-electron chi connectivity index (χ0n) is 31.6. The van der Waals surface area contributed by atoms with E-state index in [1.807, 2.05) is 57.2 Å². The molecule has 0 aliphatic carbocycles. The summed E-state index contributed by atoms with van der Waals surface area (Å²) in [5.41, 5.74) is 2.64. The Morgan fingerprint density at radius 3 is 2.40 bits per heavy atom. The maximum atomic E-state index is 13.9. The average molecular weight is 732 g/mol. The Balaban J connectivity index is 1.47. The number of aromatic nitrogens is 2. The van der Waals surface area contributed by atoms with Crippen LogP contribution in [0.4, 0.5) is 0 Å². The SMILES string of the molecule is COc1ccc(C[C@@H]2NC(=O)[C@@H](CC(C)C)NC(=O)CCCN(C(=O)CCc3nc(-c4ccccc4C)no3)CCCNC(=O)[C@H](C)N(C)C2=O)cc1. The first-order chi connectivity index (χ1) is 25.4. The Bertz CT molecular complexity index is 1710. The number of nitrogens with zero attached hydrogens (tertiary/aromatic N) is 4. The van der Waals surface area contributed by atoms with Crippen molar-refractivity contribution in [2.45, 2.75) is 90.8 Å². The number of nitrogens with one attached hydrogen (secondary N) is 3. The highest BCUT2D eigenvalue weighted by molar-refractivity contribution is 5.94. The first-order valence-corrected chi connectivity index (χ1v) is 18.3. The molecule has 0 spiro atoms. The van der Waals surface area contributed by atoms with Crippen LogP contribution in [0.1, 0.15) is 69.9 Å². The molecular weight excluding hydrogens is 678 g/mol. The van der Waals surface area contributed by atoms with Gasteiger partial charge >= 0.3 is 0 Å². The minimum absolute atomic E-state index is 0.0609. The second-order valence-electron chi connectivity index (χ2n) is 13.9. The number of methoxy groups -OCH3 is 1. The van der Waals surface area contributed by atoms with Crippen LogP contribution in [0.25, 0.3) is 11.4 Å². The highest BCUT2D eigenvalue weighted by atomic mass is 16.5. The number of aryl methyl sites for hydroxylation is 2. The van der Waals surface area contributed by atoms with Crippen molar-refractivity contribution in [1.29, 1.82) is 0 Å². The number of hydrogen-bond acceptors (Lipinski definition) is 9. The van der Waals surface area contributed by atoms with E-state index in [1.165, 1.54) is 11.9 Å². The molecule has 1 aromatic heterocycles. The number of hydrogen-bond donors (Lipinski definition) is 3. The third-order valence-electron chi connectivity index (χ3n) is 9.38. The molecule has 0 radical (unpaired) electrons. The van der Waals surface area contributed by atoms with Crippen molar-refractivity contribution in [3.05, 3.63) is 65.5 Å². The van der Waals surface area contributed by atoms with Gasteiger partial charge in [-0.1, -0.05) is 55.4 Å². The van der Waals surface area contributed by atoms with Gasteiger partial charge in [0.25, 0.3) is 0 Å². The molecule has 3 aromatic rings. The highest BCUT2D eigenvalue weighted by Gasteiger charge is 2.32. The smallest absolute Gasteiger partial charge is 0.245 e. The Morgan fingerprint density at radius 2 is 1.70 bits per heavy atom. The fourth-order valence-corrected chi connectivity index (χ4v) is 6.13. The van der Waals surface area contributed by atoms with Crippen molar-refractivity contribution >= 4 is 29.5 Å². The van der Waals surface area contributed by atoms with Crippen LogP contribution in [0.15, 0.2) is 53.1 Å². The lowest BCUT2D eigenvalue weighted by atomic mass is 10.00. The molecule has 53 heavy (non-hydrogen) atoms. The number of ether oxygens (including phenoxy) is 1. The number of rotatable bonds is 9. The number of likely N-dealkylation sites (N-methyl/N-ethyl adjacent to an activating group) is 1. The van der Waals surface area contributed by atoms with Crippen molar-refractivity contribution in [1.82, 2.24) is 35.9 Å². The average Bonchev–Trinajstić information content (AvgIpc) is 3.61. The van der Waals surface area contributed by atoms with Crippen molar-refractivity contribution in [2.75, 3.05) is 33.8 Å². The van der Waals surface area contributed by atoms with Gasteiger partial charge in [-0.05, 0) is 62.3 Å². The predicted molar refractivity (Wildman–Crippen MR) is 198 cm³/mol. The molecule has 1 aliphatic rings. The zero-order chi connectivity index (χ0) is 38.5. The second-order valence-corrected chi connectivity index (χ2v) is 13.9. The van der Waals surface area contributed by atoms with E-state index in [0.29, 0.717) is 49.8 Å². The maximum absolute atomic E-state index is 13.9. The zero-order valence-corrected chi connectivity index (χ0v) is 31.6. The van der Waals surface area contributed by atoms with Gasteiger partial charge in [-0.2, -0.15) is 4.98 Å². The largest absolute Gasteiger partial charge is 0.497 e. The van der Waals surface area contributed by atoms with Crippen LogP contribution in [0.3, 0.4) is 0 Å². The van der Waals surface area contributed by atoms with Crippen LogP contribution in [0, 0.1) is 12.8 Å². The molecule has 1 aliphatic heterocycles. The molecule has 0 saturated carbocycles. The summed E-state index contributed by atoms with van der Waals surface area (Å²) >= 11 is 0.